The molecule has 0 atom stereocenters. The highest BCUT2D eigenvalue weighted by molar-refractivity contribution is 9.11. The highest BCUT2D eigenvalue weighted by Crippen LogP contribution is 2.35. The quantitative estimate of drug-likeness (QED) is 0.574. The first kappa shape index (κ1) is 9.05. The smallest absolute Gasteiger partial charge is 0.0132 e. The van der Waals surface area contributed by atoms with Crippen LogP contribution in [0.5, 0.6) is 0 Å². The third kappa shape index (κ3) is 2.48. The van der Waals surface area contributed by atoms with Crippen molar-refractivity contribution >= 4 is 15.9 Å². The fourth-order valence-electron chi connectivity index (χ4n) is 1.08. The van der Waals surface area contributed by atoms with E-state index in [1.165, 1.54) is 10.4 Å². The van der Waals surface area contributed by atoms with E-state index >= 15 is 0 Å². The molecular weight excluding hydrogens is 200 g/mol. The Labute approximate surface area is 77.5 Å². The minimum absolute atomic E-state index is 0.320. The first-order valence-electron chi connectivity index (χ1n) is 3.90. The van der Waals surface area contributed by atoms with E-state index in [-0.39, 0.29) is 0 Å². The lowest BCUT2D eigenvalue weighted by Crippen LogP contribution is -2.16. The van der Waals surface area contributed by atoms with Gasteiger partial charge in [-0.05, 0) is 11.8 Å². The largest absolute Gasteiger partial charge is 0.0755 e. The highest BCUT2D eigenvalue weighted by atomic mass is 79.9. The maximum absolute atomic E-state index is 3.44. The molecule has 11 heavy (non-hydrogen) atoms. The Balaban J connectivity index is 2.63. The second-order valence-electron chi connectivity index (χ2n) is 3.90. The van der Waals surface area contributed by atoms with Crippen LogP contribution in [0.25, 0.3) is 0 Å². The summed E-state index contributed by atoms with van der Waals surface area (Å²) in [5, 5.41) is 0. The van der Waals surface area contributed by atoms with Gasteiger partial charge in [-0.3, -0.25) is 0 Å². The van der Waals surface area contributed by atoms with Crippen molar-refractivity contribution in [2.24, 2.45) is 5.41 Å². The van der Waals surface area contributed by atoms with E-state index in [2.05, 4.69) is 54.9 Å². The third-order valence-corrected chi connectivity index (χ3v) is 2.51. The zero-order valence-corrected chi connectivity index (χ0v) is 8.90. The molecule has 1 radical (unpaired) electrons. The van der Waals surface area contributed by atoms with Gasteiger partial charge in [-0.2, -0.15) is 0 Å². The molecule has 1 aliphatic carbocycles. The monoisotopic (exact) mass is 213 g/mol. The Morgan fingerprint density at radius 1 is 1.27 bits per heavy atom. The van der Waals surface area contributed by atoms with Gasteiger partial charge in [0.1, 0.15) is 0 Å². The summed E-state index contributed by atoms with van der Waals surface area (Å²) in [5.74, 6) is 1.50. The zero-order chi connectivity index (χ0) is 8.48. The van der Waals surface area contributed by atoms with Crippen LogP contribution < -0.4 is 0 Å². The van der Waals surface area contributed by atoms with E-state index in [1.54, 1.807) is 0 Å². The molecule has 1 aliphatic rings. The van der Waals surface area contributed by atoms with Crippen LogP contribution in [0.1, 0.15) is 27.2 Å². The van der Waals surface area contributed by atoms with Gasteiger partial charge in [0.15, 0.2) is 0 Å². The fraction of sp³-hybridized carbons (Fsp3) is 0.500. The molecule has 0 amide bonds. The molecule has 0 aromatic heterocycles. The van der Waals surface area contributed by atoms with Crippen LogP contribution in [-0.4, -0.2) is 0 Å². The molecule has 1 rings (SSSR count). The first-order chi connectivity index (χ1) is 5.00. The predicted octanol–water partition coefficient (Wildman–Crippen LogP) is 3.85. The minimum Gasteiger partial charge on any atom is -0.0755 e. The van der Waals surface area contributed by atoms with E-state index in [4.69, 9.17) is 0 Å². The lowest BCUT2D eigenvalue weighted by Gasteiger charge is -2.28. The average Bonchev–Trinajstić information content (AvgIpc) is 1.86. The molecule has 1 heteroatoms. The number of hydrogen-bond donors (Lipinski definition) is 0. The Morgan fingerprint density at radius 2 is 1.91 bits per heavy atom. The predicted molar refractivity (Wildman–Crippen MR) is 53.5 cm³/mol. The van der Waals surface area contributed by atoms with Gasteiger partial charge in [0.05, 0.1) is 0 Å². The van der Waals surface area contributed by atoms with Crippen molar-refractivity contribution in [3.05, 3.63) is 28.6 Å². The second kappa shape index (κ2) is 3.14. The Bertz CT molecular complexity index is 193. The summed E-state index contributed by atoms with van der Waals surface area (Å²) >= 11 is 3.44. The molecule has 61 valence electrons. The van der Waals surface area contributed by atoms with Crippen LogP contribution >= 0.6 is 15.9 Å². The fourth-order valence-corrected chi connectivity index (χ4v) is 1.37. The molecule has 0 aromatic carbocycles. The van der Waals surface area contributed by atoms with Crippen molar-refractivity contribution in [1.29, 1.82) is 0 Å². The van der Waals surface area contributed by atoms with Crippen LogP contribution in [0.15, 0.2) is 22.7 Å². The number of halogens is 1. The second-order valence-corrected chi connectivity index (χ2v) is 4.82. The molecule has 0 saturated carbocycles. The van der Waals surface area contributed by atoms with E-state index in [0.717, 1.165) is 6.42 Å². The van der Waals surface area contributed by atoms with Crippen LogP contribution in [0.4, 0.5) is 0 Å². The van der Waals surface area contributed by atoms with Crippen molar-refractivity contribution < 1.29 is 0 Å². The first-order valence-corrected chi connectivity index (χ1v) is 4.69. The summed E-state index contributed by atoms with van der Waals surface area (Å²) < 4.78 is 1.20. The number of hydrogen-bond acceptors (Lipinski definition) is 0. The Morgan fingerprint density at radius 3 is 2.27 bits per heavy atom. The van der Waals surface area contributed by atoms with E-state index < -0.39 is 0 Å². The molecule has 0 aliphatic heterocycles. The van der Waals surface area contributed by atoms with Crippen LogP contribution in [0, 0.1) is 11.3 Å². The van der Waals surface area contributed by atoms with Gasteiger partial charge in [-0.15, -0.1) is 0 Å². The number of rotatable bonds is 0. The van der Waals surface area contributed by atoms with Gasteiger partial charge in [-0.1, -0.05) is 54.9 Å². The minimum atomic E-state index is 0.320. The molecular formula is C10H14Br. The van der Waals surface area contributed by atoms with Crippen molar-refractivity contribution in [2.75, 3.05) is 0 Å². The maximum atomic E-state index is 3.44. The maximum Gasteiger partial charge on any atom is 0.0132 e. The topological polar surface area (TPSA) is 0 Å². The van der Waals surface area contributed by atoms with E-state index in [1.807, 2.05) is 0 Å². The van der Waals surface area contributed by atoms with E-state index in [9.17, 15) is 0 Å². The summed E-state index contributed by atoms with van der Waals surface area (Å²) in [4.78, 5) is 0. The highest BCUT2D eigenvalue weighted by Gasteiger charge is 2.22. The van der Waals surface area contributed by atoms with Crippen LogP contribution in [0.2, 0.25) is 0 Å². The number of allylic oxidation sites excluding steroid dienone is 4. The molecule has 0 fully saturated rings. The molecule has 0 saturated heterocycles. The molecule has 0 aromatic rings. The molecule has 0 nitrogen and oxygen atoms in total. The Hall–Kier alpha value is -0.0400. The zero-order valence-electron chi connectivity index (χ0n) is 7.32. The summed E-state index contributed by atoms with van der Waals surface area (Å²) in [6.45, 7) is 6.75. The summed E-state index contributed by atoms with van der Waals surface area (Å²) in [6, 6.07) is 0. The van der Waals surface area contributed by atoms with Gasteiger partial charge in [0.25, 0.3) is 0 Å². The third-order valence-electron chi connectivity index (χ3n) is 1.92. The van der Waals surface area contributed by atoms with Crippen molar-refractivity contribution in [3.8, 4) is 0 Å². The van der Waals surface area contributed by atoms with Gasteiger partial charge in [0.2, 0.25) is 0 Å². The normalized spacial score (nSPS) is 20.2. The standard InChI is InChI=1S/C10H14Br/c1-10(2,3)8-4-6-9(11)7-5-8/h4,6-7H,5H2,1-3H3. The molecule has 0 unspecified atom stereocenters. The van der Waals surface area contributed by atoms with Crippen LogP contribution in [0.3, 0.4) is 0 Å². The Kier molecular flexibility index (Phi) is 2.58. The summed E-state index contributed by atoms with van der Waals surface area (Å²) in [7, 11) is 0. The SMILES string of the molecule is CC(C)(C)[C]1C=CC(Br)=CC1. The molecule has 0 heterocycles. The van der Waals surface area contributed by atoms with Gasteiger partial charge < -0.3 is 0 Å². The van der Waals surface area contributed by atoms with Crippen LogP contribution in [-0.2, 0) is 0 Å². The lowest BCUT2D eigenvalue weighted by molar-refractivity contribution is 0.443. The van der Waals surface area contributed by atoms with Crippen molar-refractivity contribution in [3.63, 3.8) is 0 Å². The van der Waals surface area contributed by atoms with Crippen molar-refractivity contribution in [1.82, 2.24) is 0 Å². The average molecular weight is 214 g/mol. The summed E-state index contributed by atoms with van der Waals surface area (Å²) in [5.41, 5.74) is 0.320. The van der Waals surface area contributed by atoms with Gasteiger partial charge >= 0.3 is 0 Å². The lowest BCUT2D eigenvalue weighted by atomic mass is 9.77. The molecule has 0 spiro atoms. The van der Waals surface area contributed by atoms with Gasteiger partial charge in [0, 0.05) is 10.4 Å². The molecule has 0 N–H and O–H groups in total. The van der Waals surface area contributed by atoms with Gasteiger partial charge in [-0.25, -0.2) is 0 Å². The summed E-state index contributed by atoms with van der Waals surface area (Å²) in [6.07, 6.45) is 7.62. The van der Waals surface area contributed by atoms with Crippen molar-refractivity contribution in [2.45, 2.75) is 27.2 Å². The van der Waals surface area contributed by atoms with E-state index in [0.29, 0.717) is 5.41 Å². The molecule has 0 bridgehead atoms.